The molecular weight excluding hydrogens is 239 g/mol. The van der Waals surface area contributed by atoms with Crippen molar-refractivity contribution in [1.82, 2.24) is 5.06 Å². The Morgan fingerprint density at radius 3 is 2.71 bits per heavy atom. The van der Waals surface area contributed by atoms with Crippen molar-refractivity contribution in [3.63, 3.8) is 0 Å². The highest BCUT2D eigenvalue weighted by Gasteiger charge is 2.44. The number of ketones is 1. The highest BCUT2D eigenvalue weighted by atomic mass is 19.4. The first-order valence-electron chi connectivity index (χ1n) is 4.66. The molecule has 0 spiro atoms. The molecule has 0 fully saturated rings. The Hall–Kier alpha value is -1.76. The molecule has 1 heterocycles. The summed E-state index contributed by atoms with van der Waals surface area (Å²) in [4.78, 5) is 16.2. The number of hydrogen-bond donors (Lipinski definition) is 0. The predicted molar refractivity (Wildman–Crippen MR) is 50.7 cm³/mol. The summed E-state index contributed by atoms with van der Waals surface area (Å²) in [6.45, 7) is -0.878. The van der Waals surface area contributed by atoms with Crippen molar-refractivity contribution < 1.29 is 27.5 Å². The van der Waals surface area contributed by atoms with Crippen LogP contribution >= 0.6 is 0 Å². The van der Waals surface area contributed by atoms with Gasteiger partial charge >= 0.3 is 6.30 Å². The van der Waals surface area contributed by atoms with Crippen LogP contribution < -0.4 is 9.57 Å². The third-order valence-corrected chi connectivity index (χ3v) is 2.27. The van der Waals surface area contributed by atoms with E-state index in [1.54, 1.807) is 0 Å². The van der Waals surface area contributed by atoms with Gasteiger partial charge in [0.1, 0.15) is 17.9 Å². The Labute approximate surface area is 94.5 Å². The minimum absolute atomic E-state index is 0.0375. The fourth-order valence-electron chi connectivity index (χ4n) is 1.53. The van der Waals surface area contributed by atoms with Crippen molar-refractivity contribution >= 4 is 5.78 Å². The molecule has 0 amide bonds. The summed E-state index contributed by atoms with van der Waals surface area (Å²) in [6, 6.07) is 4.22. The monoisotopic (exact) mass is 247 g/mol. The number of methoxy groups -OCH3 is 1. The number of ether oxygens (including phenoxy) is 1. The zero-order chi connectivity index (χ0) is 12.6. The molecule has 0 aromatic heterocycles. The first kappa shape index (κ1) is 11.7. The third kappa shape index (κ3) is 2.05. The molecule has 0 radical (unpaired) electrons. The molecule has 1 aromatic carbocycles. The van der Waals surface area contributed by atoms with Crippen LogP contribution in [0.1, 0.15) is 10.4 Å². The van der Waals surface area contributed by atoms with E-state index in [9.17, 15) is 18.0 Å². The Morgan fingerprint density at radius 2 is 2.12 bits per heavy atom. The quantitative estimate of drug-likeness (QED) is 0.711. The second-order valence-electron chi connectivity index (χ2n) is 3.35. The van der Waals surface area contributed by atoms with Gasteiger partial charge < -0.3 is 9.57 Å². The lowest BCUT2D eigenvalue weighted by molar-refractivity contribution is -0.333. The van der Waals surface area contributed by atoms with E-state index in [0.717, 1.165) is 0 Å². The van der Waals surface area contributed by atoms with E-state index in [2.05, 4.69) is 4.84 Å². The molecule has 17 heavy (non-hydrogen) atoms. The number of hydroxylamine groups is 2. The van der Waals surface area contributed by atoms with Crippen molar-refractivity contribution in [3.8, 4) is 11.5 Å². The summed E-state index contributed by atoms with van der Waals surface area (Å²) in [7, 11) is 1.33. The maximum absolute atomic E-state index is 12.4. The number of carbonyl (C=O) groups excluding carboxylic acids is 1. The molecule has 1 aliphatic rings. The molecule has 4 nitrogen and oxygen atoms in total. The molecule has 0 bridgehead atoms. The number of halogens is 3. The lowest BCUT2D eigenvalue weighted by Gasteiger charge is -2.29. The van der Waals surface area contributed by atoms with Crippen molar-refractivity contribution in [3.05, 3.63) is 23.8 Å². The number of nitrogens with zero attached hydrogens (tertiary/aromatic N) is 1. The maximum atomic E-state index is 12.4. The molecule has 0 unspecified atom stereocenters. The van der Waals surface area contributed by atoms with Crippen LogP contribution in [-0.2, 0) is 0 Å². The average Bonchev–Trinajstić information content (AvgIpc) is 2.26. The zero-order valence-electron chi connectivity index (χ0n) is 8.75. The summed E-state index contributed by atoms with van der Waals surface area (Å²) >= 11 is 0. The van der Waals surface area contributed by atoms with Crippen LogP contribution in [0.3, 0.4) is 0 Å². The van der Waals surface area contributed by atoms with Gasteiger partial charge in [-0.3, -0.25) is 4.79 Å². The van der Waals surface area contributed by atoms with Gasteiger partial charge in [0.2, 0.25) is 0 Å². The smallest absolute Gasteiger partial charge is 0.492 e. The minimum atomic E-state index is -4.71. The van der Waals surface area contributed by atoms with E-state index in [1.807, 2.05) is 0 Å². The molecule has 92 valence electrons. The molecule has 0 N–H and O–H groups in total. The topological polar surface area (TPSA) is 38.8 Å². The molecule has 0 saturated heterocycles. The van der Waals surface area contributed by atoms with Crippen LogP contribution in [0.5, 0.6) is 11.5 Å². The van der Waals surface area contributed by atoms with Crippen molar-refractivity contribution in [2.75, 3.05) is 13.7 Å². The summed E-state index contributed by atoms with van der Waals surface area (Å²) in [5.41, 5.74) is 0.0375. The van der Waals surface area contributed by atoms with E-state index in [0.29, 0.717) is 0 Å². The number of Topliss-reactive ketones (excluding diaryl/α,β-unsaturated/α-hetero) is 1. The average molecular weight is 247 g/mol. The zero-order valence-corrected chi connectivity index (χ0v) is 8.75. The Balaban J connectivity index is 2.42. The predicted octanol–water partition coefficient (Wildman–Crippen LogP) is 2.01. The SMILES string of the molecule is COc1cccc2c1C(=O)CN(C(F)(F)F)O2. The van der Waals surface area contributed by atoms with Gasteiger partial charge in [-0.1, -0.05) is 6.07 Å². The van der Waals surface area contributed by atoms with E-state index in [1.165, 1.54) is 25.3 Å². The Bertz CT molecular complexity index is 459. The molecule has 0 aliphatic carbocycles. The first-order valence-corrected chi connectivity index (χ1v) is 4.66. The molecule has 7 heteroatoms. The largest absolute Gasteiger partial charge is 0.496 e. The van der Waals surface area contributed by atoms with Crippen LogP contribution in [0.15, 0.2) is 18.2 Å². The highest BCUT2D eigenvalue weighted by Crippen LogP contribution is 2.35. The normalized spacial score (nSPS) is 16.4. The van der Waals surface area contributed by atoms with Gasteiger partial charge in [0, 0.05) is 0 Å². The number of hydrogen-bond acceptors (Lipinski definition) is 4. The van der Waals surface area contributed by atoms with Gasteiger partial charge in [0.05, 0.1) is 7.11 Å². The second-order valence-corrected chi connectivity index (χ2v) is 3.35. The van der Waals surface area contributed by atoms with Gasteiger partial charge in [-0.15, -0.1) is 0 Å². The number of alkyl halides is 3. The van der Waals surface area contributed by atoms with Crippen LogP contribution in [0, 0.1) is 0 Å². The summed E-state index contributed by atoms with van der Waals surface area (Å²) in [6.07, 6.45) is -4.71. The van der Waals surface area contributed by atoms with Crippen molar-refractivity contribution in [1.29, 1.82) is 0 Å². The van der Waals surface area contributed by atoms with Crippen LogP contribution in [0.25, 0.3) is 0 Å². The molecule has 0 atom stereocenters. The van der Waals surface area contributed by atoms with Crippen molar-refractivity contribution in [2.45, 2.75) is 6.30 Å². The molecule has 2 rings (SSSR count). The Morgan fingerprint density at radius 1 is 1.41 bits per heavy atom. The van der Waals surface area contributed by atoms with Gasteiger partial charge in [0.25, 0.3) is 0 Å². The number of fused-ring (bicyclic) bond motifs is 1. The molecule has 0 saturated carbocycles. The number of benzene rings is 1. The number of carbonyl (C=O) groups is 1. The minimum Gasteiger partial charge on any atom is -0.496 e. The van der Waals surface area contributed by atoms with Gasteiger partial charge in [0.15, 0.2) is 11.5 Å². The number of rotatable bonds is 1. The molecular formula is C10H8F3NO3. The molecule has 1 aliphatic heterocycles. The van der Waals surface area contributed by atoms with E-state index >= 15 is 0 Å². The van der Waals surface area contributed by atoms with E-state index in [4.69, 9.17) is 4.74 Å². The van der Waals surface area contributed by atoms with Crippen molar-refractivity contribution in [2.24, 2.45) is 0 Å². The molecule has 1 aromatic rings. The third-order valence-electron chi connectivity index (χ3n) is 2.27. The lowest BCUT2D eigenvalue weighted by atomic mass is 10.1. The summed E-state index contributed by atoms with van der Waals surface area (Å²) in [5.74, 6) is -0.645. The fraction of sp³-hybridized carbons (Fsp3) is 0.300. The van der Waals surface area contributed by atoms with Crippen LogP contribution in [0.2, 0.25) is 0 Å². The van der Waals surface area contributed by atoms with Gasteiger partial charge in [-0.05, 0) is 17.2 Å². The van der Waals surface area contributed by atoms with E-state index in [-0.39, 0.29) is 22.1 Å². The lowest BCUT2D eigenvalue weighted by Crippen LogP contribution is -2.46. The highest BCUT2D eigenvalue weighted by molar-refractivity contribution is 6.03. The van der Waals surface area contributed by atoms with Gasteiger partial charge in [-0.2, -0.15) is 13.2 Å². The first-order chi connectivity index (χ1) is 7.93. The van der Waals surface area contributed by atoms with Crippen LogP contribution in [-0.4, -0.2) is 30.8 Å². The standard InChI is InChI=1S/C10H8F3NO3/c1-16-7-3-2-4-8-9(7)6(15)5-14(17-8)10(11,12)13/h2-4H,5H2,1H3. The van der Waals surface area contributed by atoms with Gasteiger partial charge in [-0.25, -0.2) is 0 Å². The van der Waals surface area contributed by atoms with E-state index < -0.39 is 18.6 Å². The maximum Gasteiger partial charge on any atom is 0.492 e. The summed E-state index contributed by atoms with van der Waals surface area (Å²) in [5, 5.41) is -0.308. The second kappa shape index (κ2) is 3.92. The Kier molecular flexibility index (Phi) is 2.70. The van der Waals surface area contributed by atoms with Crippen LogP contribution in [0.4, 0.5) is 13.2 Å². The summed E-state index contributed by atoms with van der Waals surface area (Å²) < 4.78 is 42.1. The fourth-order valence-corrected chi connectivity index (χ4v) is 1.53.